The standard InChI is InChI=1S/C14H23BrN4/c15-14-12-4-1-2-9-19(12)13(17-14)5-3-8-18-10-6-16-7-11-18/h16H,1-11H2. The van der Waals surface area contributed by atoms with Crippen LogP contribution < -0.4 is 5.32 Å². The highest BCUT2D eigenvalue weighted by Gasteiger charge is 2.18. The number of halogens is 1. The molecule has 2 aliphatic heterocycles. The van der Waals surface area contributed by atoms with E-state index in [-0.39, 0.29) is 0 Å². The number of rotatable bonds is 4. The van der Waals surface area contributed by atoms with Gasteiger partial charge < -0.3 is 14.8 Å². The Morgan fingerprint density at radius 3 is 2.84 bits per heavy atom. The Balaban J connectivity index is 1.55. The fourth-order valence-corrected chi connectivity index (χ4v) is 3.77. The highest BCUT2D eigenvalue weighted by Crippen LogP contribution is 2.25. The van der Waals surface area contributed by atoms with E-state index in [0.717, 1.165) is 30.7 Å². The summed E-state index contributed by atoms with van der Waals surface area (Å²) in [6.45, 7) is 7.06. The maximum absolute atomic E-state index is 4.72. The van der Waals surface area contributed by atoms with Crippen LogP contribution in [-0.2, 0) is 19.4 Å². The van der Waals surface area contributed by atoms with Crippen LogP contribution in [0.3, 0.4) is 0 Å². The van der Waals surface area contributed by atoms with Crippen LogP contribution in [0, 0.1) is 0 Å². The molecular formula is C14H23BrN4. The third-order valence-corrected chi connectivity index (χ3v) is 4.87. The third-order valence-electron chi connectivity index (χ3n) is 4.23. The Morgan fingerprint density at radius 1 is 1.16 bits per heavy atom. The monoisotopic (exact) mass is 326 g/mol. The predicted molar refractivity (Wildman–Crippen MR) is 80.5 cm³/mol. The number of aryl methyl sites for hydroxylation is 1. The first-order chi connectivity index (χ1) is 9.34. The second-order valence-electron chi connectivity index (χ2n) is 5.57. The lowest BCUT2D eigenvalue weighted by Gasteiger charge is -2.27. The van der Waals surface area contributed by atoms with Crippen LogP contribution in [0.25, 0.3) is 0 Å². The van der Waals surface area contributed by atoms with Crippen LogP contribution in [0.2, 0.25) is 0 Å². The van der Waals surface area contributed by atoms with Crippen molar-refractivity contribution in [3.63, 3.8) is 0 Å². The summed E-state index contributed by atoms with van der Waals surface area (Å²) in [5.41, 5.74) is 1.42. The van der Waals surface area contributed by atoms with Crippen LogP contribution in [0.4, 0.5) is 0 Å². The summed E-state index contributed by atoms with van der Waals surface area (Å²) in [5.74, 6) is 1.29. The Morgan fingerprint density at radius 2 is 2.00 bits per heavy atom. The molecule has 106 valence electrons. The summed E-state index contributed by atoms with van der Waals surface area (Å²) >= 11 is 3.62. The van der Waals surface area contributed by atoms with E-state index in [1.807, 2.05) is 0 Å². The van der Waals surface area contributed by atoms with Crippen molar-refractivity contribution in [3.8, 4) is 0 Å². The number of aromatic nitrogens is 2. The van der Waals surface area contributed by atoms with E-state index in [0.29, 0.717) is 0 Å². The molecule has 0 amide bonds. The van der Waals surface area contributed by atoms with Gasteiger partial charge in [-0.2, -0.15) is 0 Å². The van der Waals surface area contributed by atoms with Gasteiger partial charge >= 0.3 is 0 Å². The number of hydrogen-bond donors (Lipinski definition) is 1. The van der Waals surface area contributed by atoms with Gasteiger partial charge in [0.05, 0.1) is 5.69 Å². The molecule has 1 N–H and O–H groups in total. The summed E-state index contributed by atoms with van der Waals surface area (Å²) in [4.78, 5) is 7.28. The van der Waals surface area contributed by atoms with Crippen LogP contribution in [-0.4, -0.2) is 47.2 Å². The molecule has 1 aromatic heterocycles. The average molecular weight is 327 g/mol. The lowest BCUT2D eigenvalue weighted by Crippen LogP contribution is -2.43. The molecule has 0 radical (unpaired) electrons. The van der Waals surface area contributed by atoms with Gasteiger partial charge in [0.2, 0.25) is 0 Å². The molecule has 0 aliphatic carbocycles. The summed E-state index contributed by atoms with van der Waals surface area (Å²) in [6.07, 6.45) is 6.14. The first kappa shape index (κ1) is 13.6. The average Bonchev–Trinajstić information content (AvgIpc) is 2.78. The van der Waals surface area contributed by atoms with E-state index in [4.69, 9.17) is 4.98 Å². The molecule has 19 heavy (non-hydrogen) atoms. The van der Waals surface area contributed by atoms with Gasteiger partial charge in [0, 0.05) is 39.1 Å². The number of nitrogens with zero attached hydrogens (tertiary/aromatic N) is 3. The predicted octanol–water partition coefficient (Wildman–Crippen LogP) is 1.82. The molecule has 0 unspecified atom stereocenters. The Bertz CT molecular complexity index is 423. The molecular weight excluding hydrogens is 304 g/mol. The van der Waals surface area contributed by atoms with Gasteiger partial charge in [0.25, 0.3) is 0 Å². The molecule has 1 fully saturated rings. The maximum atomic E-state index is 4.72. The molecule has 0 spiro atoms. The molecule has 0 atom stereocenters. The van der Waals surface area contributed by atoms with Crippen LogP contribution in [0.5, 0.6) is 0 Å². The van der Waals surface area contributed by atoms with Crippen molar-refractivity contribution in [1.29, 1.82) is 0 Å². The van der Waals surface area contributed by atoms with E-state index < -0.39 is 0 Å². The summed E-state index contributed by atoms with van der Waals surface area (Å²) in [7, 11) is 0. The first-order valence-corrected chi connectivity index (χ1v) is 8.31. The summed E-state index contributed by atoms with van der Waals surface area (Å²) in [6, 6.07) is 0. The molecule has 3 heterocycles. The minimum Gasteiger partial charge on any atom is -0.331 e. The van der Waals surface area contributed by atoms with E-state index >= 15 is 0 Å². The minimum absolute atomic E-state index is 1.09. The van der Waals surface area contributed by atoms with Crippen molar-refractivity contribution in [2.75, 3.05) is 32.7 Å². The number of fused-ring (bicyclic) bond motifs is 1. The fourth-order valence-electron chi connectivity index (χ4n) is 3.16. The van der Waals surface area contributed by atoms with Crippen molar-refractivity contribution < 1.29 is 0 Å². The molecule has 1 aromatic rings. The number of imidazole rings is 1. The lowest BCUT2D eigenvalue weighted by molar-refractivity contribution is 0.238. The molecule has 0 saturated carbocycles. The number of nitrogens with one attached hydrogen (secondary N) is 1. The Hall–Kier alpha value is -0.390. The Kier molecular flexibility index (Phi) is 4.56. The van der Waals surface area contributed by atoms with Crippen LogP contribution in [0.15, 0.2) is 4.60 Å². The van der Waals surface area contributed by atoms with Crippen molar-refractivity contribution >= 4 is 15.9 Å². The first-order valence-electron chi connectivity index (χ1n) is 7.51. The molecule has 4 nitrogen and oxygen atoms in total. The number of piperazine rings is 1. The van der Waals surface area contributed by atoms with Crippen molar-refractivity contribution in [1.82, 2.24) is 19.8 Å². The number of hydrogen-bond acceptors (Lipinski definition) is 3. The van der Waals surface area contributed by atoms with Gasteiger partial charge in [-0.3, -0.25) is 0 Å². The van der Waals surface area contributed by atoms with Gasteiger partial charge in [-0.05, 0) is 48.2 Å². The van der Waals surface area contributed by atoms with Crippen LogP contribution >= 0.6 is 15.9 Å². The maximum Gasteiger partial charge on any atom is 0.127 e. The van der Waals surface area contributed by atoms with Crippen molar-refractivity contribution in [2.45, 2.75) is 38.6 Å². The SMILES string of the molecule is Brc1nc(CCCN2CCNCC2)n2c1CCCC2. The molecule has 0 bridgehead atoms. The summed E-state index contributed by atoms with van der Waals surface area (Å²) < 4.78 is 3.54. The topological polar surface area (TPSA) is 33.1 Å². The van der Waals surface area contributed by atoms with Crippen molar-refractivity contribution in [3.05, 3.63) is 16.1 Å². The van der Waals surface area contributed by atoms with Crippen molar-refractivity contribution in [2.24, 2.45) is 0 Å². The summed E-state index contributed by atoms with van der Waals surface area (Å²) in [5, 5.41) is 3.40. The third kappa shape index (κ3) is 3.20. The zero-order valence-electron chi connectivity index (χ0n) is 11.5. The van der Waals surface area contributed by atoms with Gasteiger partial charge in [-0.15, -0.1) is 0 Å². The van der Waals surface area contributed by atoms with Crippen LogP contribution in [0.1, 0.15) is 30.8 Å². The zero-order valence-corrected chi connectivity index (χ0v) is 13.1. The molecule has 3 rings (SSSR count). The lowest BCUT2D eigenvalue weighted by atomic mass is 10.1. The zero-order chi connectivity index (χ0) is 13.1. The van der Waals surface area contributed by atoms with Gasteiger partial charge in [-0.25, -0.2) is 4.98 Å². The second kappa shape index (κ2) is 6.37. The highest BCUT2D eigenvalue weighted by atomic mass is 79.9. The minimum atomic E-state index is 1.09. The van der Waals surface area contributed by atoms with E-state index in [1.165, 1.54) is 56.8 Å². The quantitative estimate of drug-likeness (QED) is 0.916. The fraction of sp³-hybridized carbons (Fsp3) is 0.786. The molecule has 0 aromatic carbocycles. The smallest absolute Gasteiger partial charge is 0.127 e. The highest BCUT2D eigenvalue weighted by molar-refractivity contribution is 9.10. The van der Waals surface area contributed by atoms with E-state index in [9.17, 15) is 0 Å². The largest absolute Gasteiger partial charge is 0.331 e. The Labute approximate surface area is 123 Å². The van der Waals surface area contributed by atoms with Gasteiger partial charge in [0.1, 0.15) is 10.4 Å². The normalized spacial score (nSPS) is 20.5. The molecule has 1 saturated heterocycles. The molecule has 2 aliphatic rings. The van der Waals surface area contributed by atoms with Gasteiger partial charge in [0.15, 0.2) is 0 Å². The van der Waals surface area contributed by atoms with Gasteiger partial charge in [-0.1, -0.05) is 0 Å². The van der Waals surface area contributed by atoms with E-state index in [2.05, 4.69) is 30.7 Å². The molecule has 5 heteroatoms. The van der Waals surface area contributed by atoms with E-state index in [1.54, 1.807) is 0 Å². The second-order valence-corrected chi connectivity index (χ2v) is 6.32.